The van der Waals surface area contributed by atoms with E-state index in [0.717, 1.165) is 13.1 Å². The molecule has 4 nitrogen and oxygen atoms in total. The third-order valence-corrected chi connectivity index (χ3v) is 5.08. The molecule has 2 aromatic rings. The molecule has 0 spiro atoms. The van der Waals surface area contributed by atoms with Gasteiger partial charge in [0.15, 0.2) is 0 Å². The third-order valence-electron chi connectivity index (χ3n) is 4.09. The SMILES string of the molecule is Cc1ccc(CN2CCC[C@@H](c3ccn(CCO)n3)C2)s1. The van der Waals surface area contributed by atoms with Crippen LogP contribution in [0.2, 0.25) is 0 Å². The van der Waals surface area contributed by atoms with Crippen LogP contribution >= 0.6 is 11.3 Å². The predicted octanol–water partition coefficient (Wildman–Crippen LogP) is 2.62. The second kappa shape index (κ2) is 6.73. The van der Waals surface area contributed by atoms with Crippen molar-refractivity contribution in [3.05, 3.63) is 39.8 Å². The lowest BCUT2D eigenvalue weighted by Crippen LogP contribution is -2.33. The number of likely N-dealkylation sites (tertiary alicyclic amines) is 1. The zero-order chi connectivity index (χ0) is 14.7. The Morgan fingerprint density at radius 3 is 3.05 bits per heavy atom. The summed E-state index contributed by atoms with van der Waals surface area (Å²) in [6.07, 6.45) is 4.44. The molecular weight excluding hydrogens is 282 g/mol. The van der Waals surface area contributed by atoms with Crippen LogP contribution in [0, 0.1) is 6.92 Å². The van der Waals surface area contributed by atoms with E-state index in [-0.39, 0.29) is 6.61 Å². The Morgan fingerprint density at radius 1 is 1.38 bits per heavy atom. The van der Waals surface area contributed by atoms with E-state index >= 15 is 0 Å². The summed E-state index contributed by atoms with van der Waals surface area (Å²) in [5.41, 5.74) is 1.18. The van der Waals surface area contributed by atoms with Crippen LogP contribution < -0.4 is 0 Å². The molecule has 114 valence electrons. The Balaban J connectivity index is 1.61. The van der Waals surface area contributed by atoms with Crippen LogP contribution in [0.1, 0.15) is 34.2 Å². The number of aromatic nitrogens is 2. The fourth-order valence-electron chi connectivity index (χ4n) is 3.05. The van der Waals surface area contributed by atoms with E-state index in [4.69, 9.17) is 5.11 Å². The molecular formula is C16H23N3OS. The predicted molar refractivity (Wildman–Crippen MR) is 85.6 cm³/mol. The second-order valence-corrected chi connectivity index (χ2v) is 7.19. The van der Waals surface area contributed by atoms with Crippen LogP contribution in [0.3, 0.4) is 0 Å². The van der Waals surface area contributed by atoms with Crippen molar-refractivity contribution in [2.75, 3.05) is 19.7 Å². The van der Waals surface area contributed by atoms with Gasteiger partial charge in [-0.2, -0.15) is 5.10 Å². The van der Waals surface area contributed by atoms with Gasteiger partial charge < -0.3 is 5.11 Å². The highest BCUT2D eigenvalue weighted by Crippen LogP contribution is 2.27. The minimum Gasteiger partial charge on any atom is -0.394 e. The lowest BCUT2D eigenvalue weighted by atomic mass is 9.95. The molecule has 3 heterocycles. The number of piperidine rings is 1. The van der Waals surface area contributed by atoms with E-state index in [0.29, 0.717) is 12.5 Å². The molecule has 0 amide bonds. The average Bonchev–Trinajstić information content (AvgIpc) is 3.09. The van der Waals surface area contributed by atoms with Crippen molar-refractivity contribution >= 4 is 11.3 Å². The maximum atomic E-state index is 8.98. The molecule has 0 bridgehead atoms. The first-order valence-corrected chi connectivity index (χ1v) is 8.48. The summed E-state index contributed by atoms with van der Waals surface area (Å²) in [7, 11) is 0. The summed E-state index contributed by atoms with van der Waals surface area (Å²) < 4.78 is 1.84. The monoisotopic (exact) mass is 305 g/mol. The van der Waals surface area contributed by atoms with Gasteiger partial charge >= 0.3 is 0 Å². The van der Waals surface area contributed by atoms with Crippen LogP contribution in [0.5, 0.6) is 0 Å². The number of hydrogen-bond acceptors (Lipinski definition) is 4. The van der Waals surface area contributed by atoms with Crippen LogP contribution in [0.4, 0.5) is 0 Å². The van der Waals surface area contributed by atoms with Crippen molar-refractivity contribution in [2.24, 2.45) is 0 Å². The van der Waals surface area contributed by atoms with E-state index in [2.05, 4.69) is 35.1 Å². The van der Waals surface area contributed by atoms with Gasteiger partial charge in [0.05, 0.1) is 18.8 Å². The van der Waals surface area contributed by atoms with Crippen LogP contribution in [-0.2, 0) is 13.1 Å². The van der Waals surface area contributed by atoms with E-state index in [1.165, 1.54) is 34.8 Å². The average molecular weight is 305 g/mol. The quantitative estimate of drug-likeness (QED) is 0.923. The third kappa shape index (κ3) is 3.73. The maximum Gasteiger partial charge on any atom is 0.0668 e. The first kappa shape index (κ1) is 14.8. The Labute approximate surface area is 130 Å². The number of nitrogens with zero attached hydrogens (tertiary/aromatic N) is 3. The topological polar surface area (TPSA) is 41.3 Å². The molecule has 0 radical (unpaired) electrons. The zero-order valence-electron chi connectivity index (χ0n) is 12.5. The number of aliphatic hydroxyl groups is 1. The molecule has 21 heavy (non-hydrogen) atoms. The van der Waals surface area contributed by atoms with E-state index < -0.39 is 0 Å². The smallest absolute Gasteiger partial charge is 0.0668 e. The van der Waals surface area contributed by atoms with E-state index in [1.54, 1.807) is 0 Å². The molecule has 1 aliphatic rings. The Kier molecular flexibility index (Phi) is 4.73. The first-order valence-electron chi connectivity index (χ1n) is 7.66. The number of aliphatic hydroxyl groups excluding tert-OH is 1. The molecule has 1 saturated heterocycles. The molecule has 1 fully saturated rings. The number of rotatable bonds is 5. The largest absolute Gasteiger partial charge is 0.394 e. The fourth-order valence-corrected chi connectivity index (χ4v) is 3.99. The Bertz CT molecular complexity index is 578. The van der Waals surface area contributed by atoms with Crippen molar-refractivity contribution in [2.45, 2.75) is 38.8 Å². The number of aryl methyl sites for hydroxylation is 1. The number of hydrogen-bond donors (Lipinski definition) is 1. The Hall–Kier alpha value is -1.17. The minimum atomic E-state index is 0.148. The Morgan fingerprint density at radius 2 is 2.29 bits per heavy atom. The molecule has 1 atom stereocenters. The van der Waals surface area contributed by atoms with E-state index in [1.807, 2.05) is 22.2 Å². The fraction of sp³-hybridized carbons (Fsp3) is 0.562. The summed E-state index contributed by atoms with van der Waals surface area (Å²) in [6.45, 7) is 6.24. The highest BCUT2D eigenvalue weighted by molar-refractivity contribution is 7.11. The summed E-state index contributed by atoms with van der Waals surface area (Å²) in [5.74, 6) is 0.528. The van der Waals surface area contributed by atoms with Crippen molar-refractivity contribution < 1.29 is 5.11 Å². The molecule has 0 saturated carbocycles. The maximum absolute atomic E-state index is 8.98. The van der Waals surface area contributed by atoms with Crippen molar-refractivity contribution in [3.63, 3.8) is 0 Å². The standard InChI is InChI=1S/C16H23N3OS/c1-13-4-5-15(21-13)12-18-7-2-3-14(11-18)16-6-8-19(17-16)9-10-20/h4-6,8,14,20H,2-3,7,9-12H2,1H3/t14-/m1/s1. The molecule has 0 aliphatic carbocycles. The molecule has 2 aromatic heterocycles. The second-order valence-electron chi connectivity index (χ2n) is 5.81. The highest BCUT2D eigenvalue weighted by atomic mass is 32.1. The summed E-state index contributed by atoms with van der Waals surface area (Å²) in [4.78, 5) is 5.39. The van der Waals surface area contributed by atoms with Crippen molar-refractivity contribution in [3.8, 4) is 0 Å². The van der Waals surface area contributed by atoms with Gasteiger partial charge in [0.2, 0.25) is 0 Å². The van der Waals surface area contributed by atoms with Crippen LogP contribution in [0.15, 0.2) is 24.4 Å². The minimum absolute atomic E-state index is 0.148. The van der Waals surface area contributed by atoms with Gasteiger partial charge in [-0.05, 0) is 44.5 Å². The lowest BCUT2D eigenvalue weighted by molar-refractivity contribution is 0.199. The van der Waals surface area contributed by atoms with Gasteiger partial charge in [0.1, 0.15) is 0 Å². The van der Waals surface area contributed by atoms with Gasteiger partial charge in [-0.1, -0.05) is 0 Å². The molecule has 5 heteroatoms. The van der Waals surface area contributed by atoms with Gasteiger partial charge in [-0.15, -0.1) is 11.3 Å². The molecule has 0 aromatic carbocycles. The lowest BCUT2D eigenvalue weighted by Gasteiger charge is -2.31. The zero-order valence-corrected chi connectivity index (χ0v) is 13.4. The first-order chi connectivity index (χ1) is 10.2. The molecule has 1 aliphatic heterocycles. The number of thiophene rings is 1. The van der Waals surface area contributed by atoms with E-state index in [9.17, 15) is 0 Å². The van der Waals surface area contributed by atoms with Gasteiger partial charge in [-0.3, -0.25) is 9.58 Å². The summed E-state index contributed by atoms with van der Waals surface area (Å²) in [6, 6.07) is 6.57. The summed E-state index contributed by atoms with van der Waals surface area (Å²) >= 11 is 1.90. The highest BCUT2D eigenvalue weighted by Gasteiger charge is 2.23. The van der Waals surface area contributed by atoms with Gasteiger partial charge in [0, 0.05) is 35.0 Å². The van der Waals surface area contributed by atoms with Gasteiger partial charge in [0.25, 0.3) is 0 Å². The normalized spacial score (nSPS) is 20.0. The van der Waals surface area contributed by atoms with Crippen molar-refractivity contribution in [1.29, 1.82) is 0 Å². The summed E-state index contributed by atoms with van der Waals surface area (Å²) in [5, 5.41) is 13.6. The molecule has 1 N–H and O–H groups in total. The van der Waals surface area contributed by atoms with Gasteiger partial charge in [-0.25, -0.2) is 0 Å². The van der Waals surface area contributed by atoms with Crippen molar-refractivity contribution in [1.82, 2.24) is 14.7 Å². The molecule has 0 unspecified atom stereocenters. The van der Waals surface area contributed by atoms with Crippen LogP contribution in [-0.4, -0.2) is 39.5 Å². The molecule has 3 rings (SSSR count). The van der Waals surface area contributed by atoms with Crippen LogP contribution in [0.25, 0.3) is 0 Å².